The molecule has 0 unspecified atom stereocenters. The second kappa shape index (κ2) is 4.31. The van der Waals surface area contributed by atoms with Gasteiger partial charge in [-0.15, -0.1) is 0 Å². The summed E-state index contributed by atoms with van der Waals surface area (Å²) in [4.78, 5) is 27.8. The Morgan fingerprint density at radius 3 is 2.44 bits per heavy atom. The van der Waals surface area contributed by atoms with Crippen LogP contribution in [0.2, 0.25) is 5.15 Å². The van der Waals surface area contributed by atoms with Gasteiger partial charge in [-0.25, -0.2) is 4.79 Å². The number of aromatic nitrogens is 2. The average Bonchev–Trinajstić information content (AvgIpc) is 2.19. The molecule has 1 aromatic heterocycles. The Kier molecular flexibility index (Phi) is 3.02. The van der Waals surface area contributed by atoms with Gasteiger partial charge in [-0.1, -0.05) is 11.6 Å². The van der Waals surface area contributed by atoms with Crippen LogP contribution >= 0.6 is 11.6 Å². The number of halogens is 1. The summed E-state index contributed by atoms with van der Waals surface area (Å²) in [5, 5.41) is 1.80. The average molecular weight is 245 g/mol. The summed E-state index contributed by atoms with van der Waals surface area (Å²) < 4.78 is 1.11. The van der Waals surface area contributed by atoms with E-state index >= 15 is 0 Å². The second-order valence-corrected chi connectivity index (χ2v) is 4.24. The lowest BCUT2D eigenvalue weighted by Crippen LogP contribution is -2.57. The first-order valence-electron chi connectivity index (χ1n) is 5.03. The van der Waals surface area contributed by atoms with E-state index < -0.39 is 11.2 Å². The van der Waals surface area contributed by atoms with Gasteiger partial charge in [0, 0.05) is 32.2 Å². The summed E-state index contributed by atoms with van der Waals surface area (Å²) in [5.41, 5.74) is -0.875. The molecule has 1 N–H and O–H groups in total. The highest BCUT2D eigenvalue weighted by Crippen LogP contribution is 1.97. The summed E-state index contributed by atoms with van der Waals surface area (Å²) in [5.74, 6) is 0. The molecule has 0 amide bonds. The maximum Gasteiger partial charge on any atom is 0.348 e. The fourth-order valence-corrected chi connectivity index (χ4v) is 1.90. The molecule has 0 spiro atoms. The molecule has 88 valence electrons. The zero-order valence-electron chi connectivity index (χ0n) is 8.94. The molecule has 7 heteroatoms. The van der Waals surface area contributed by atoms with Crippen molar-refractivity contribution in [1.82, 2.24) is 14.6 Å². The maximum atomic E-state index is 11.6. The van der Waals surface area contributed by atoms with Gasteiger partial charge in [-0.3, -0.25) is 9.78 Å². The summed E-state index contributed by atoms with van der Waals surface area (Å²) in [6.07, 6.45) is 0. The summed E-state index contributed by atoms with van der Waals surface area (Å²) in [6.45, 7) is 2.96. The van der Waals surface area contributed by atoms with Crippen LogP contribution in [0.1, 0.15) is 0 Å². The zero-order valence-corrected chi connectivity index (χ0v) is 9.70. The number of likely N-dealkylation sites (N-methyl/N-ethyl adjacent to an activating group) is 1. The molecule has 0 aliphatic carbocycles. The van der Waals surface area contributed by atoms with Crippen molar-refractivity contribution in [2.45, 2.75) is 0 Å². The van der Waals surface area contributed by atoms with Crippen molar-refractivity contribution in [2.75, 3.05) is 38.2 Å². The molecular formula is C9H13ClN4O2. The summed E-state index contributed by atoms with van der Waals surface area (Å²) in [6, 6.07) is 1.21. The smallest absolute Gasteiger partial charge is 0.303 e. The molecule has 16 heavy (non-hydrogen) atoms. The van der Waals surface area contributed by atoms with Gasteiger partial charge >= 0.3 is 5.69 Å². The van der Waals surface area contributed by atoms with Gasteiger partial charge in [0.1, 0.15) is 5.15 Å². The lowest BCUT2D eigenvalue weighted by atomic mass is 10.4. The van der Waals surface area contributed by atoms with E-state index in [0.717, 1.165) is 17.8 Å². The van der Waals surface area contributed by atoms with E-state index in [9.17, 15) is 9.59 Å². The maximum absolute atomic E-state index is 11.6. The number of piperazine rings is 1. The lowest BCUT2D eigenvalue weighted by Gasteiger charge is -2.33. The molecule has 1 aromatic rings. The van der Waals surface area contributed by atoms with E-state index in [1.165, 1.54) is 6.07 Å². The molecule has 1 saturated heterocycles. The molecular weight excluding hydrogens is 232 g/mol. The van der Waals surface area contributed by atoms with Crippen molar-refractivity contribution < 1.29 is 0 Å². The highest BCUT2D eigenvalue weighted by atomic mass is 35.5. The fourth-order valence-electron chi connectivity index (χ4n) is 1.72. The minimum Gasteiger partial charge on any atom is -0.303 e. The van der Waals surface area contributed by atoms with Crippen molar-refractivity contribution in [3.63, 3.8) is 0 Å². The number of aromatic amines is 1. The fraction of sp³-hybridized carbons (Fsp3) is 0.556. The standard InChI is InChI=1S/C9H13ClN4O2/c1-12-2-4-13(5-3-12)14-8(15)6-7(10)11-9(14)16/h6H,2-5H2,1H3,(H,11,16). The van der Waals surface area contributed by atoms with Crippen LogP contribution in [0.5, 0.6) is 0 Å². The first-order valence-corrected chi connectivity index (χ1v) is 5.41. The van der Waals surface area contributed by atoms with Crippen LogP contribution in [0.25, 0.3) is 0 Å². The van der Waals surface area contributed by atoms with Crippen LogP contribution < -0.4 is 16.3 Å². The van der Waals surface area contributed by atoms with Crippen molar-refractivity contribution >= 4 is 11.6 Å². The minimum absolute atomic E-state index is 0.0698. The van der Waals surface area contributed by atoms with Crippen LogP contribution in [0, 0.1) is 0 Å². The molecule has 0 atom stereocenters. The van der Waals surface area contributed by atoms with Crippen molar-refractivity contribution in [2.24, 2.45) is 0 Å². The quantitative estimate of drug-likeness (QED) is 0.649. The Morgan fingerprint density at radius 1 is 1.25 bits per heavy atom. The Balaban J connectivity index is 2.34. The monoisotopic (exact) mass is 244 g/mol. The molecule has 0 aromatic carbocycles. The largest absolute Gasteiger partial charge is 0.348 e. The van der Waals surface area contributed by atoms with E-state index in [4.69, 9.17) is 11.6 Å². The predicted octanol–water partition coefficient (Wildman–Crippen LogP) is -0.927. The third-order valence-corrected chi connectivity index (χ3v) is 2.84. The number of nitrogens with one attached hydrogen (secondary N) is 1. The Bertz CT molecular complexity index is 456. The molecule has 0 bridgehead atoms. The number of nitrogens with zero attached hydrogens (tertiary/aromatic N) is 3. The van der Waals surface area contributed by atoms with Crippen LogP contribution in [0.15, 0.2) is 15.7 Å². The molecule has 1 aliphatic heterocycles. The van der Waals surface area contributed by atoms with Gasteiger partial charge in [0.15, 0.2) is 0 Å². The molecule has 2 rings (SSSR count). The first-order chi connectivity index (χ1) is 7.58. The van der Waals surface area contributed by atoms with Gasteiger partial charge < -0.3 is 9.91 Å². The van der Waals surface area contributed by atoms with E-state index in [-0.39, 0.29) is 5.15 Å². The van der Waals surface area contributed by atoms with Crippen LogP contribution in [-0.2, 0) is 0 Å². The van der Waals surface area contributed by atoms with Crippen molar-refractivity contribution in [1.29, 1.82) is 0 Å². The molecule has 6 nitrogen and oxygen atoms in total. The molecule has 0 saturated carbocycles. The minimum atomic E-state index is -0.484. The first kappa shape index (κ1) is 11.2. The number of hydrogen-bond donors (Lipinski definition) is 1. The third kappa shape index (κ3) is 2.12. The van der Waals surface area contributed by atoms with Gasteiger partial charge in [0.05, 0.1) is 0 Å². The Hall–Kier alpha value is -1.27. The Morgan fingerprint density at radius 2 is 1.88 bits per heavy atom. The molecule has 0 radical (unpaired) electrons. The third-order valence-electron chi connectivity index (χ3n) is 2.64. The number of rotatable bonds is 1. The second-order valence-electron chi connectivity index (χ2n) is 3.83. The SMILES string of the molecule is CN1CCN(n2c(=O)cc(Cl)[nH]c2=O)CC1. The zero-order chi connectivity index (χ0) is 11.7. The van der Waals surface area contributed by atoms with Gasteiger partial charge in [-0.05, 0) is 7.05 Å². The lowest BCUT2D eigenvalue weighted by molar-refractivity contribution is 0.283. The molecule has 1 aliphatic rings. The van der Waals surface area contributed by atoms with E-state index in [1.807, 2.05) is 7.05 Å². The number of hydrogen-bond acceptors (Lipinski definition) is 4. The highest BCUT2D eigenvalue weighted by Gasteiger charge is 2.17. The van der Waals surface area contributed by atoms with Crippen molar-refractivity contribution in [3.8, 4) is 0 Å². The molecule has 2 heterocycles. The van der Waals surface area contributed by atoms with Gasteiger partial charge in [-0.2, -0.15) is 4.68 Å². The Labute approximate surface area is 97.0 Å². The summed E-state index contributed by atoms with van der Waals surface area (Å²) >= 11 is 5.59. The van der Waals surface area contributed by atoms with Crippen molar-refractivity contribution in [3.05, 3.63) is 32.1 Å². The van der Waals surface area contributed by atoms with Gasteiger partial charge in [0.25, 0.3) is 5.56 Å². The number of H-pyrrole nitrogens is 1. The van der Waals surface area contributed by atoms with E-state index in [1.54, 1.807) is 5.01 Å². The van der Waals surface area contributed by atoms with Crippen LogP contribution in [0.3, 0.4) is 0 Å². The predicted molar refractivity (Wildman–Crippen MR) is 61.8 cm³/mol. The normalized spacial score (nSPS) is 17.8. The summed E-state index contributed by atoms with van der Waals surface area (Å²) in [7, 11) is 2.01. The van der Waals surface area contributed by atoms with Crippen LogP contribution in [-0.4, -0.2) is 47.8 Å². The van der Waals surface area contributed by atoms with E-state index in [0.29, 0.717) is 13.1 Å². The van der Waals surface area contributed by atoms with Crippen LogP contribution in [0.4, 0.5) is 0 Å². The van der Waals surface area contributed by atoms with E-state index in [2.05, 4.69) is 9.88 Å². The topological polar surface area (TPSA) is 61.3 Å². The highest BCUT2D eigenvalue weighted by molar-refractivity contribution is 6.29. The molecule has 1 fully saturated rings. The van der Waals surface area contributed by atoms with Gasteiger partial charge in [0.2, 0.25) is 0 Å².